The topological polar surface area (TPSA) is 49.4 Å². The van der Waals surface area contributed by atoms with Crippen LogP contribution in [0.5, 0.6) is 0 Å². The van der Waals surface area contributed by atoms with Crippen LogP contribution in [-0.4, -0.2) is 28.8 Å². The fourth-order valence-electron chi connectivity index (χ4n) is 2.59. The summed E-state index contributed by atoms with van der Waals surface area (Å²) >= 11 is 0. The van der Waals surface area contributed by atoms with E-state index >= 15 is 0 Å². The first-order valence-electron chi connectivity index (χ1n) is 6.80. The highest BCUT2D eigenvalue weighted by molar-refractivity contribution is 6.06. The van der Waals surface area contributed by atoms with Gasteiger partial charge >= 0.3 is 0 Å². The number of hydrogen-bond acceptors (Lipinski definition) is 3. The van der Waals surface area contributed by atoms with Crippen molar-refractivity contribution in [2.75, 3.05) is 0 Å². The van der Waals surface area contributed by atoms with E-state index in [0.29, 0.717) is 13.0 Å². The number of amides is 2. The highest BCUT2D eigenvalue weighted by Gasteiger charge is 2.45. The lowest BCUT2D eigenvalue weighted by atomic mass is 10.1. The quantitative estimate of drug-likeness (QED) is 0.830. The molecule has 4 heteroatoms. The standard InChI is InChI=1S/C15H18N2O2/c1-10-3-2-4-11(7-10)9-16-13-8-14(18)17(15(13)19)12-5-6-12/h2-4,7,12-13,16H,5-6,8-9H2,1H3. The number of hydrogen-bond donors (Lipinski definition) is 1. The molecular formula is C15H18N2O2. The van der Waals surface area contributed by atoms with Gasteiger partial charge in [-0.15, -0.1) is 0 Å². The van der Waals surface area contributed by atoms with Crippen molar-refractivity contribution < 1.29 is 9.59 Å². The van der Waals surface area contributed by atoms with Gasteiger partial charge in [-0.1, -0.05) is 29.8 Å². The SMILES string of the molecule is Cc1cccc(CNC2CC(=O)N(C3CC3)C2=O)c1. The maximum atomic E-state index is 12.1. The largest absolute Gasteiger partial charge is 0.301 e. The van der Waals surface area contributed by atoms with Gasteiger partial charge in [-0.05, 0) is 25.3 Å². The van der Waals surface area contributed by atoms with Crippen LogP contribution in [0.4, 0.5) is 0 Å². The van der Waals surface area contributed by atoms with Crippen molar-refractivity contribution in [2.45, 2.75) is 44.8 Å². The van der Waals surface area contributed by atoms with E-state index in [9.17, 15) is 9.59 Å². The molecule has 1 aliphatic carbocycles. The summed E-state index contributed by atoms with van der Waals surface area (Å²) < 4.78 is 0. The first kappa shape index (κ1) is 12.4. The Morgan fingerprint density at radius 2 is 2.11 bits per heavy atom. The predicted molar refractivity (Wildman–Crippen MR) is 71.3 cm³/mol. The molecule has 1 aromatic carbocycles. The van der Waals surface area contributed by atoms with E-state index in [-0.39, 0.29) is 23.9 Å². The molecule has 1 heterocycles. The van der Waals surface area contributed by atoms with E-state index in [4.69, 9.17) is 0 Å². The maximum absolute atomic E-state index is 12.1. The third kappa shape index (κ3) is 2.54. The van der Waals surface area contributed by atoms with Gasteiger partial charge in [0, 0.05) is 12.6 Å². The van der Waals surface area contributed by atoms with Crippen LogP contribution in [-0.2, 0) is 16.1 Å². The molecule has 19 heavy (non-hydrogen) atoms. The summed E-state index contributed by atoms with van der Waals surface area (Å²) in [5, 5.41) is 3.21. The Labute approximate surface area is 112 Å². The number of aryl methyl sites for hydroxylation is 1. The molecule has 0 radical (unpaired) electrons. The van der Waals surface area contributed by atoms with Gasteiger partial charge in [-0.2, -0.15) is 0 Å². The lowest BCUT2D eigenvalue weighted by Crippen LogP contribution is -2.39. The molecule has 1 saturated carbocycles. The lowest BCUT2D eigenvalue weighted by molar-refractivity contribution is -0.139. The summed E-state index contributed by atoms with van der Waals surface area (Å²) in [6.45, 7) is 2.67. The van der Waals surface area contributed by atoms with Crippen molar-refractivity contribution in [3.05, 3.63) is 35.4 Å². The minimum atomic E-state index is -0.339. The van der Waals surface area contributed by atoms with Gasteiger partial charge in [0.15, 0.2) is 0 Å². The zero-order valence-electron chi connectivity index (χ0n) is 11.1. The number of carbonyl (C=O) groups excluding carboxylic acids is 2. The fraction of sp³-hybridized carbons (Fsp3) is 0.467. The van der Waals surface area contributed by atoms with Crippen molar-refractivity contribution >= 4 is 11.8 Å². The third-order valence-electron chi connectivity index (χ3n) is 3.73. The molecule has 1 unspecified atom stereocenters. The molecule has 1 aromatic rings. The van der Waals surface area contributed by atoms with Gasteiger partial charge in [0.05, 0.1) is 12.5 Å². The number of benzene rings is 1. The number of nitrogens with zero attached hydrogens (tertiary/aromatic N) is 1. The summed E-state index contributed by atoms with van der Waals surface area (Å²) in [6, 6.07) is 8.01. The van der Waals surface area contributed by atoms with Gasteiger partial charge in [0.25, 0.3) is 0 Å². The third-order valence-corrected chi connectivity index (χ3v) is 3.73. The first-order valence-corrected chi connectivity index (χ1v) is 6.80. The molecule has 3 rings (SSSR count). The predicted octanol–water partition coefficient (Wildman–Crippen LogP) is 1.37. The normalized spacial score (nSPS) is 23.2. The summed E-state index contributed by atoms with van der Waals surface area (Å²) in [7, 11) is 0. The minimum Gasteiger partial charge on any atom is -0.301 e. The molecule has 4 nitrogen and oxygen atoms in total. The summed E-state index contributed by atoms with van der Waals surface area (Å²) in [5.41, 5.74) is 2.35. The fourth-order valence-corrected chi connectivity index (χ4v) is 2.59. The van der Waals surface area contributed by atoms with E-state index in [1.54, 1.807) is 0 Å². The zero-order valence-corrected chi connectivity index (χ0v) is 11.1. The zero-order chi connectivity index (χ0) is 13.4. The van der Waals surface area contributed by atoms with E-state index in [1.807, 2.05) is 25.1 Å². The van der Waals surface area contributed by atoms with E-state index < -0.39 is 0 Å². The molecule has 0 aromatic heterocycles. The number of carbonyl (C=O) groups is 2. The smallest absolute Gasteiger partial charge is 0.247 e. The lowest BCUT2D eigenvalue weighted by Gasteiger charge is -2.14. The van der Waals surface area contributed by atoms with Crippen LogP contribution < -0.4 is 5.32 Å². The Bertz CT molecular complexity index is 523. The summed E-state index contributed by atoms with van der Waals surface area (Å²) in [5.74, 6) is -0.0607. The molecule has 0 spiro atoms. The van der Waals surface area contributed by atoms with E-state index in [0.717, 1.165) is 18.4 Å². The molecule has 2 aliphatic rings. The maximum Gasteiger partial charge on any atom is 0.247 e. The molecule has 1 aliphatic heterocycles. The van der Waals surface area contributed by atoms with Crippen molar-refractivity contribution in [1.82, 2.24) is 10.2 Å². The van der Waals surface area contributed by atoms with Crippen LogP contribution in [0.1, 0.15) is 30.4 Å². The number of likely N-dealkylation sites (tertiary alicyclic amines) is 1. The number of imide groups is 1. The van der Waals surface area contributed by atoms with E-state index in [1.165, 1.54) is 10.5 Å². The molecule has 0 bridgehead atoms. The highest BCUT2D eigenvalue weighted by atomic mass is 16.2. The van der Waals surface area contributed by atoms with Crippen LogP contribution in [0.2, 0.25) is 0 Å². The van der Waals surface area contributed by atoms with Gasteiger partial charge in [-0.3, -0.25) is 14.5 Å². The van der Waals surface area contributed by atoms with Crippen LogP contribution in [0, 0.1) is 6.92 Å². The monoisotopic (exact) mass is 258 g/mol. The molecule has 1 atom stereocenters. The molecule has 1 saturated heterocycles. The minimum absolute atomic E-state index is 0.0192. The molecule has 1 N–H and O–H groups in total. The van der Waals surface area contributed by atoms with Crippen molar-refractivity contribution in [3.8, 4) is 0 Å². The summed E-state index contributed by atoms with van der Waals surface area (Å²) in [4.78, 5) is 25.4. The van der Waals surface area contributed by atoms with Crippen LogP contribution >= 0.6 is 0 Å². The number of nitrogens with one attached hydrogen (secondary N) is 1. The Kier molecular flexibility index (Phi) is 3.11. The Morgan fingerprint density at radius 1 is 1.32 bits per heavy atom. The Balaban J connectivity index is 1.61. The highest BCUT2D eigenvalue weighted by Crippen LogP contribution is 2.31. The van der Waals surface area contributed by atoms with Crippen molar-refractivity contribution in [1.29, 1.82) is 0 Å². The Morgan fingerprint density at radius 3 is 2.79 bits per heavy atom. The second-order valence-electron chi connectivity index (χ2n) is 5.46. The molecular weight excluding hydrogens is 240 g/mol. The second-order valence-corrected chi connectivity index (χ2v) is 5.46. The van der Waals surface area contributed by atoms with Crippen molar-refractivity contribution in [3.63, 3.8) is 0 Å². The van der Waals surface area contributed by atoms with E-state index in [2.05, 4.69) is 11.4 Å². The molecule has 2 fully saturated rings. The first-order chi connectivity index (χ1) is 9.15. The van der Waals surface area contributed by atoms with Crippen molar-refractivity contribution in [2.24, 2.45) is 0 Å². The number of rotatable bonds is 4. The van der Waals surface area contributed by atoms with Gasteiger partial charge in [0.2, 0.25) is 11.8 Å². The average Bonchev–Trinajstić information content (AvgIpc) is 3.15. The molecule has 2 amide bonds. The summed E-state index contributed by atoms with van der Waals surface area (Å²) in [6.07, 6.45) is 2.26. The molecule has 100 valence electrons. The van der Waals surface area contributed by atoms with Crippen LogP contribution in [0.3, 0.4) is 0 Å². The average molecular weight is 258 g/mol. The van der Waals surface area contributed by atoms with Crippen LogP contribution in [0.25, 0.3) is 0 Å². The van der Waals surface area contributed by atoms with Gasteiger partial charge in [0.1, 0.15) is 0 Å². The van der Waals surface area contributed by atoms with Gasteiger partial charge < -0.3 is 5.32 Å². The second kappa shape index (κ2) is 4.78. The van der Waals surface area contributed by atoms with Crippen LogP contribution in [0.15, 0.2) is 24.3 Å². The van der Waals surface area contributed by atoms with Gasteiger partial charge in [-0.25, -0.2) is 0 Å². The Hall–Kier alpha value is -1.68.